The number of hydrogen-bond acceptors (Lipinski definition) is 3. The van der Waals surface area contributed by atoms with Crippen LogP contribution in [0.25, 0.3) is 22.4 Å². The van der Waals surface area contributed by atoms with Crippen LogP contribution in [-0.4, -0.2) is 14.8 Å². The smallest absolute Gasteiger partial charge is 0.129 e. The van der Waals surface area contributed by atoms with Crippen molar-refractivity contribution < 1.29 is 0 Å². The van der Waals surface area contributed by atoms with Gasteiger partial charge in [0.25, 0.3) is 0 Å². The van der Waals surface area contributed by atoms with E-state index in [1.807, 2.05) is 31.4 Å². The maximum Gasteiger partial charge on any atom is 0.129 e. The summed E-state index contributed by atoms with van der Waals surface area (Å²) in [5, 5.41) is 4.62. The molecule has 0 spiro atoms. The van der Waals surface area contributed by atoms with Crippen molar-refractivity contribution in [2.75, 3.05) is 5.73 Å². The first kappa shape index (κ1) is 14.1. The van der Waals surface area contributed by atoms with Crippen LogP contribution in [0.15, 0.2) is 42.7 Å². The van der Waals surface area contributed by atoms with Crippen molar-refractivity contribution in [3.63, 3.8) is 0 Å². The van der Waals surface area contributed by atoms with Crippen molar-refractivity contribution in [3.8, 4) is 22.4 Å². The first-order valence-corrected chi connectivity index (χ1v) is 7.66. The molecule has 3 rings (SSSR count). The van der Waals surface area contributed by atoms with E-state index in [1.54, 1.807) is 10.9 Å². The van der Waals surface area contributed by atoms with Crippen molar-refractivity contribution in [2.45, 2.75) is 6.92 Å². The summed E-state index contributed by atoms with van der Waals surface area (Å²) in [6.07, 6.45) is 3.58. The lowest BCUT2D eigenvalue weighted by Gasteiger charge is -2.07. The lowest BCUT2D eigenvalue weighted by Crippen LogP contribution is -1.98. The van der Waals surface area contributed by atoms with Crippen LogP contribution in [0.3, 0.4) is 0 Å². The second kappa shape index (κ2) is 5.48. The second-order valence-electron chi connectivity index (χ2n) is 4.91. The summed E-state index contributed by atoms with van der Waals surface area (Å²) in [6.45, 7) is 2.10. The Balaban J connectivity index is 2.30. The predicted molar refractivity (Wildman–Crippen MR) is 93.7 cm³/mol. The molecule has 0 saturated carbocycles. The number of nitrogen functional groups attached to an aromatic ring is 1. The van der Waals surface area contributed by atoms with Gasteiger partial charge in [-0.05, 0) is 41.1 Å². The van der Waals surface area contributed by atoms with Gasteiger partial charge < -0.3 is 5.73 Å². The molecule has 3 aromatic rings. The minimum absolute atomic E-state index is 0.648. The number of aromatic nitrogens is 3. The first-order valence-electron chi connectivity index (χ1n) is 6.58. The van der Waals surface area contributed by atoms with E-state index < -0.39 is 0 Å². The average molecular weight is 390 g/mol. The second-order valence-corrected chi connectivity index (χ2v) is 5.99. The van der Waals surface area contributed by atoms with Gasteiger partial charge in [-0.15, -0.1) is 0 Å². The van der Waals surface area contributed by atoms with E-state index in [1.165, 1.54) is 9.13 Å². The van der Waals surface area contributed by atoms with E-state index in [2.05, 4.69) is 51.7 Å². The third kappa shape index (κ3) is 2.42. The quantitative estimate of drug-likeness (QED) is 0.680. The third-order valence-electron chi connectivity index (χ3n) is 3.49. The van der Waals surface area contributed by atoms with Crippen molar-refractivity contribution in [1.82, 2.24) is 14.8 Å². The zero-order valence-corrected chi connectivity index (χ0v) is 14.0. The van der Waals surface area contributed by atoms with Gasteiger partial charge in [0.05, 0.1) is 5.56 Å². The van der Waals surface area contributed by atoms with Crippen LogP contribution in [0, 0.1) is 10.5 Å². The predicted octanol–water partition coefficient (Wildman–Crippen LogP) is 3.64. The van der Waals surface area contributed by atoms with Crippen LogP contribution in [-0.2, 0) is 7.05 Å². The van der Waals surface area contributed by atoms with Gasteiger partial charge in [0, 0.05) is 34.1 Å². The zero-order chi connectivity index (χ0) is 15.0. The fraction of sp³-hybridized carbons (Fsp3) is 0.125. The molecule has 0 aliphatic carbocycles. The highest BCUT2D eigenvalue weighted by atomic mass is 127. The van der Waals surface area contributed by atoms with E-state index in [-0.39, 0.29) is 0 Å². The molecule has 106 valence electrons. The number of anilines is 1. The molecule has 0 radical (unpaired) electrons. The number of pyridine rings is 1. The van der Waals surface area contributed by atoms with Crippen molar-refractivity contribution in [1.29, 1.82) is 0 Å². The van der Waals surface area contributed by atoms with Crippen molar-refractivity contribution >= 4 is 28.4 Å². The minimum atomic E-state index is 0.648. The molecule has 0 aliphatic rings. The molecular formula is C16H15IN4. The van der Waals surface area contributed by atoms with Crippen molar-refractivity contribution in [3.05, 3.63) is 51.9 Å². The maximum atomic E-state index is 6.23. The molecule has 0 saturated heterocycles. The van der Waals surface area contributed by atoms with E-state index >= 15 is 0 Å². The molecule has 2 N–H and O–H groups in total. The fourth-order valence-corrected chi connectivity index (χ4v) is 2.97. The summed E-state index contributed by atoms with van der Waals surface area (Å²) in [5.74, 6) is 0.648. The molecule has 0 atom stereocenters. The van der Waals surface area contributed by atoms with Crippen LogP contribution < -0.4 is 5.73 Å². The van der Waals surface area contributed by atoms with E-state index in [0.29, 0.717) is 5.82 Å². The summed E-state index contributed by atoms with van der Waals surface area (Å²) in [5.41, 5.74) is 11.4. The number of halogens is 1. The Morgan fingerprint density at radius 3 is 2.71 bits per heavy atom. The largest absolute Gasteiger partial charge is 0.383 e. The maximum absolute atomic E-state index is 6.23. The molecule has 0 aliphatic heterocycles. The Hall–Kier alpha value is -1.89. The Morgan fingerprint density at radius 2 is 2.00 bits per heavy atom. The number of rotatable bonds is 2. The summed E-state index contributed by atoms with van der Waals surface area (Å²) >= 11 is 2.36. The highest BCUT2D eigenvalue weighted by Crippen LogP contribution is 2.37. The number of hydrogen-bond donors (Lipinski definition) is 1. The SMILES string of the molecule is Cc1cccc(-c2nn(C)c(N)c2-c2cccnc2)c1I. The van der Waals surface area contributed by atoms with Crippen molar-refractivity contribution in [2.24, 2.45) is 7.05 Å². The first-order chi connectivity index (χ1) is 10.1. The molecule has 0 unspecified atom stereocenters. The number of aryl methyl sites for hydroxylation is 2. The molecule has 2 aromatic heterocycles. The van der Waals surface area contributed by atoms with E-state index in [4.69, 9.17) is 5.73 Å². The molecule has 21 heavy (non-hydrogen) atoms. The van der Waals surface area contributed by atoms with E-state index in [9.17, 15) is 0 Å². The van der Waals surface area contributed by atoms with Gasteiger partial charge in [0.2, 0.25) is 0 Å². The van der Waals surface area contributed by atoms with Gasteiger partial charge in [-0.2, -0.15) is 5.10 Å². The Labute approximate surface area is 137 Å². The van der Waals surface area contributed by atoms with Gasteiger partial charge in [0.1, 0.15) is 11.5 Å². The van der Waals surface area contributed by atoms with Gasteiger partial charge >= 0.3 is 0 Å². The Bertz CT molecular complexity index is 794. The van der Waals surface area contributed by atoms with Crippen LogP contribution in [0.1, 0.15) is 5.56 Å². The number of benzene rings is 1. The minimum Gasteiger partial charge on any atom is -0.383 e. The number of nitrogens with two attached hydrogens (primary N) is 1. The zero-order valence-electron chi connectivity index (χ0n) is 11.8. The summed E-state index contributed by atoms with van der Waals surface area (Å²) in [6, 6.07) is 10.1. The molecular weight excluding hydrogens is 375 g/mol. The normalized spacial score (nSPS) is 10.8. The Kier molecular flexibility index (Phi) is 3.67. The van der Waals surface area contributed by atoms with Crippen LogP contribution in [0.5, 0.6) is 0 Å². The van der Waals surface area contributed by atoms with E-state index in [0.717, 1.165) is 22.4 Å². The summed E-state index contributed by atoms with van der Waals surface area (Å²) in [7, 11) is 1.86. The monoisotopic (exact) mass is 390 g/mol. The van der Waals surface area contributed by atoms with Crippen LogP contribution in [0.2, 0.25) is 0 Å². The van der Waals surface area contributed by atoms with Gasteiger partial charge in [-0.25, -0.2) is 0 Å². The van der Waals surface area contributed by atoms with Crippen LogP contribution in [0.4, 0.5) is 5.82 Å². The number of nitrogens with zero attached hydrogens (tertiary/aromatic N) is 3. The Morgan fingerprint density at radius 1 is 1.19 bits per heavy atom. The standard InChI is InChI=1S/C16H15IN4/c1-10-5-3-7-12(14(10)17)15-13(16(18)21(2)20-15)11-6-4-8-19-9-11/h3-9H,18H2,1-2H3. The third-order valence-corrected chi connectivity index (χ3v) is 4.92. The van der Waals surface area contributed by atoms with Crippen LogP contribution >= 0.6 is 22.6 Å². The molecule has 4 nitrogen and oxygen atoms in total. The lowest BCUT2D eigenvalue weighted by molar-refractivity contribution is 0.782. The highest BCUT2D eigenvalue weighted by molar-refractivity contribution is 14.1. The topological polar surface area (TPSA) is 56.7 Å². The summed E-state index contributed by atoms with van der Waals surface area (Å²) in [4.78, 5) is 4.19. The van der Waals surface area contributed by atoms with Gasteiger partial charge in [-0.3, -0.25) is 9.67 Å². The molecule has 0 amide bonds. The molecule has 2 heterocycles. The van der Waals surface area contributed by atoms with Gasteiger partial charge in [0.15, 0.2) is 0 Å². The molecule has 1 aromatic carbocycles. The molecule has 5 heteroatoms. The molecule has 0 bridgehead atoms. The fourth-order valence-electron chi connectivity index (χ4n) is 2.35. The molecule has 0 fully saturated rings. The average Bonchev–Trinajstić information content (AvgIpc) is 2.78. The van der Waals surface area contributed by atoms with Gasteiger partial charge in [-0.1, -0.05) is 24.3 Å². The highest BCUT2D eigenvalue weighted by Gasteiger charge is 2.19. The lowest BCUT2D eigenvalue weighted by atomic mass is 10.0. The summed E-state index contributed by atoms with van der Waals surface area (Å²) < 4.78 is 2.91.